The van der Waals surface area contributed by atoms with Crippen LogP contribution in [0.2, 0.25) is 0 Å². The molecule has 150 valence electrons. The third kappa shape index (κ3) is 4.07. The van der Waals surface area contributed by atoms with Gasteiger partial charge in [0, 0.05) is 37.5 Å². The van der Waals surface area contributed by atoms with Crippen molar-refractivity contribution >= 4 is 11.6 Å². The number of nitrogens with zero attached hydrogens (tertiary/aromatic N) is 3. The topological polar surface area (TPSA) is 69.0 Å². The van der Waals surface area contributed by atoms with Gasteiger partial charge in [0.1, 0.15) is 23.4 Å². The van der Waals surface area contributed by atoms with Crippen molar-refractivity contribution in [1.82, 2.24) is 10.3 Å². The Morgan fingerprint density at radius 3 is 2.59 bits per heavy atom. The molecule has 1 N–H and O–H groups in total. The Hall–Kier alpha value is -3.01. The van der Waals surface area contributed by atoms with Gasteiger partial charge in [-0.25, -0.2) is 13.8 Å². The van der Waals surface area contributed by atoms with E-state index in [4.69, 9.17) is 0 Å². The monoisotopic (exact) mass is 396 g/mol. The Kier molecular flexibility index (Phi) is 5.18. The van der Waals surface area contributed by atoms with Gasteiger partial charge in [-0.15, -0.1) is 0 Å². The molecule has 1 aromatic carbocycles. The van der Waals surface area contributed by atoms with Gasteiger partial charge in [0.2, 0.25) is 0 Å². The summed E-state index contributed by atoms with van der Waals surface area (Å²) in [6.07, 6.45) is 4.55. The number of hydrogen-bond donors (Lipinski definition) is 1. The van der Waals surface area contributed by atoms with Crippen molar-refractivity contribution in [2.45, 2.75) is 26.2 Å². The lowest BCUT2D eigenvalue weighted by atomic mass is 9.97. The first-order chi connectivity index (χ1) is 14.0. The molecule has 1 saturated heterocycles. The van der Waals surface area contributed by atoms with Gasteiger partial charge >= 0.3 is 0 Å². The van der Waals surface area contributed by atoms with Crippen molar-refractivity contribution < 1.29 is 13.6 Å². The molecule has 2 aliphatic rings. The molecule has 1 aromatic heterocycles. The van der Waals surface area contributed by atoms with E-state index in [0.717, 1.165) is 25.3 Å². The standard InChI is InChI=1S/C22H22F2N4O/c1-13-4-5-28(12-13)21-18(22(29)27-10-14-2-3-14)11-26-19(9-25)20(21)15-6-16(23)8-17(24)7-15/h6-8,11,13-14H,2-5,10,12H2,1H3,(H,27,29). The van der Waals surface area contributed by atoms with Crippen LogP contribution in [0.4, 0.5) is 14.5 Å². The Labute approximate surface area is 168 Å². The van der Waals surface area contributed by atoms with Crippen molar-refractivity contribution in [3.8, 4) is 17.2 Å². The number of amides is 1. The highest BCUT2D eigenvalue weighted by Crippen LogP contribution is 2.39. The molecule has 5 nitrogen and oxygen atoms in total. The van der Waals surface area contributed by atoms with Crippen LogP contribution in [0.1, 0.15) is 42.2 Å². The molecule has 2 fully saturated rings. The van der Waals surface area contributed by atoms with Crippen LogP contribution >= 0.6 is 0 Å². The number of nitriles is 1. The van der Waals surface area contributed by atoms with Gasteiger partial charge in [-0.1, -0.05) is 6.92 Å². The van der Waals surface area contributed by atoms with Crippen LogP contribution in [0.15, 0.2) is 24.4 Å². The Morgan fingerprint density at radius 1 is 1.28 bits per heavy atom. The minimum Gasteiger partial charge on any atom is -0.370 e. The van der Waals surface area contributed by atoms with Crippen LogP contribution in [0.5, 0.6) is 0 Å². The van der Waals surface area contributed by atoms with E-state index in [1.165, 1.54) is 18.3 Å². The number of benzene rings is 1. The first-order valence-corrected chi connectivity index (χ1v) is 9.89. The number of aromatic nitrogens is 1. The van der Waals surface area contributed by atoms with E-state index in [-0.39, 0.29) is 17.2 Å². The minimum absolute atomic E-state index is 0.0447. The number of carbonyl (C=O) groups is 1. The second-order valence-electron chi connectivity index (χ2n) is 8.01. The molecule has 0 spiro atoms. The van der Waals surface area contributed by atoms with E-state index in [9.17, 15) is 18.8 Å². The second-order valence-corrected chi connectivity index (χ2v) is 8.01. The average molecular weight is 396 g/mol. The summed E-state index contributed by atoms with van der Waals surface area (Å²) in [5.74, 6) is -0.839. The number of anilines is 1. The summed E-state index contributed by atoms with van der Waals surface area (Å²) < 4.78 is 27.9. The van der Waals surface area contributed by atoms with Gasteiger partial charge in [-0.05, 0) is 48.8 Å². The first kappa shape index (κ1) is 19.3. The minimum atomic E-state index is -0.742. The molecule has 0 bridgehead atoms. The molecule has 1 atom stereocenters. The molecule has 7 heteroatoms. The van der Waals surface area contributed by atoms with E-state index in [2.05, 4.69) is 17.2 Å². The van der Waals surface area contributed by atoms with E-state index in [0.29, 0.717) is 48.3 Å². The predicted octanol–water partition coefficient (Wildman–Crippen LogP) is 3.88. The normalized spacial score (nSPS) is 18.6. The quantitative estimate of drug-likeness (QED) is 0.833. The maximum absolute atomic E-state index is 14.0. The lowest BCUT2D eigenvalue weighted by molar-refractivity contribution is 0.0952. The highest BCUT2D eigenvalue weighted by Gasteiger charge is 2.30. The largest absolute Gasteiger partial charge is 0.370 e. The lowest BCUT2D eigenvalue weighted by Gasteiger charge is -2.25. The lowest BCUT2D eigenvalue weighted by Crippen LogP contribution is -2.30. The van der Waals surface area contributed by atoms with E-state index < -0.39 is 11.6 Å². The number of halogens is 2. The average Bonchev–Trinajstić information content (AvgIpc) is 3.43. The maximum atomic E-state index is 14.0. The van der Waals surface area contributed by atoms with Crippen molar-refractivity contribution in [2.24, 2.45) is 11.8 Å². The molecule has 1 aliphatic heterocycles. The summed E-state index contributed by atoms with van der Waals surface area (Å²) in [5.41, 5.74) is 1.41. The van der Waals surface area contributed by atoms with Gasteiger partial charge in [0.05, 0.1) is 11.3 Å². The van der Waals surface area contributed by atoms with Crippen molar-refractivity contribution in [3.05, 3.63) is 47.3 Å². The predicted molar refractivity (Wildman–Crippen MR) is 105 cm³/mol. The summed E-state index contributed by atoms with van der Waals surface area (Å²) >= 11 is 0. The van der Waals surface area contributed by atoms with Crippen molar-refractivity contribution in [2.75, 3.05) is 24.5 Å². The SMILES string of the molecule is CC1CCN(c2c(C(=O)NCC3CC3)cnc(C#N)c2-c2cc(F)cc(F)c2)C1. The van der Waals surface area contributed by atoms with Crippen LogP contribution in [0.3, 0.4) is 0 Å². The number of rotatable bonds is 5. The molecule has 4 rings (SSSR count). The van der Waals surface area contributed by atoms with E-state index in [1.54, 1.807) is 0 Å². The zero-order valence-corrected chi connectivity index (χ0v) is 16.2. The molecule has 1 unspecified atom stereocenters. The number of pyridine rings is 1. The van der Waals surface area contributed by atoms with Crippen LogP contribution in [-0.2, 0) is 0 Å². The summed E-state index contributed by atoms with van der Waals surface area (Å²) in [7, 11) is 0. The van der Waals surface area contributed by atoms with Gasteiger partial charge in [-0.2, -0.15) is 5.26 Å². The first-order valence-electron chi connectivity index (χ1n) is 9.89. The Balaban J connectivity index is 1.87. The van der Waals surface area contributed by atoms with E-state index >= 15 is 0 Å². The molecule has 1 amide bonds. The maximum Gasteiger partial charge on any atom is 0.254 e. The Morgan fingerprint density at radius 2 is 2.00 bits per heavy atom. The van der Waals surface area contributed by atoms with Gasteiger partial charge < -0.3 is 10.2 Å². The fourth-order valence-electron chi connectivity index (χ4n) is 3.84. The van der Waals surface area contributed by atoms with Crippen LogP contribution in [-0.4, -0.2) is 30.5 Å². The summed E-state index contributed by atoms with van der Waals surface area (Å²) in [6, 6.07) is 5.16. The van der Waals surface area contributed by atoms with E-state index in [1.807, 2.05) is 11.0 Å². The molecule has 2 heterocycles. The molecule has 29 heavy (non-hydrogen) atoms. The summed E-state index contributed by atoms with van der Waals surface area (Å²) in [6.45, 7) is 4.10. The zero-order chi connectivity index (χ0) is 20.5. The molecular weight excluding hydrogens is 374 g/mol. The smallest absolute Gasteiger partial charge is 0.254 e. The highest BCUT2D eigenvalue weighted by atomic mass is 19.1. The number of hydrogen-bond acceptors (Lipinski definition) is 4. The third-order valence-electron chi connectivity index (χ3n) is 5.54. The van der Waals surface area contributed by atoms with Gasteiger partial charge in [-0.3, -0.25) is 4.79 Å². The summed E-state index contributed by atoms with van der Waals surface area (Å²) in [5, 5.41) is 12.6. The highest BCUT2D eigenvalue weighted by molar-refractivity contribution is 6.04. The van der Waals surface area contributed by atoms with Crippen molar-refractivity contribution in [1.29, 1.82) is 5.26 Å². The molecular formula is C22H22F2N4O. The van der Waals surface area contributed by atoms with Crippen molar-refractivity contribution in [3.63, 3.8) is 0 Å². The molecule has 2 aromatic rings. The van der Waals surface area contributed by atoms with Crippen LogP contribution in [0.25, 0.3) is 11.1 Å². The summed E-state index contributed by atoms with van der Waals surface area (Å²) in [4.78, 5) is 19.1. The fraction of sp³-hybridized carbons (Fsp3) is 0.409. The van der Waals surface area contributed by atoms with Gasteiger partial charge in [0.25, 0.3) is 5.91 Å². The fourth-order valence-corrected chi connectivity index (χ4v) is 3.84. The zero-order valence-electron chi connectivity index (χ0n) is 16.2. The third-order valence-corrected chi connectivity index (χ3v) is 5.54. The van der Waals surface area contributed by atoms with Crippen LogP contribution in [0, 0.1) is 34.8 Å². The van der Waals surface area contributed by atoms with Crippen LogP contribution < -0.4 is 10.2 Å². The number of carbonyl (C=O) groups excluding carboxylic acids is 1. The molecule has 1 saturated carbocycles. The van der Waals surface area contributed by atoms with Gasteiger partial charge in [0.15, 0.2) is 0 Å². The Bertz CT molecular complexity index is 977. The molecule has 0 radical (unpaired) electrons. The molecule has 1 aliphatic carbocycles. The number of nitrogens with one attached hydrogen (secondary N) is 1. The second kappa shape index (κ2) is 7.78.